The number of hydrogen-bond acceptors (Lipinski definition) is 3. The Hall–Kier alpha value is -2.42. The fraction of sp³-hybridized carbons (Fsp3) is 0.130. The van der Waals surface area contributed by atoms with Crippen LogP contribution in [0.4, 0.5) is 0 Å². The summed E-state index contributed by atoms with van der Waals surface area (Å²) in [4.78, 5) is 1.24. The lowest BCUT2D eigenvalue weighted by atomic mass is 10.3. The Bertz CT molecular complexity index is 951. The quantitative estimate of drug-likeness (QED) is 0.313. The van der Waals surface area contributed by atoms with E-state index in [2.05, 4.69) is 108 Å². The van der Waals surface area contributed by atoms with Crippen LogP contribution in [0.15, 0.2) is 102 Å². The Morgan fingerprint density at radius 2 is 1.36 bits per heavy atom. The molecule has 0 amide bonds. The molecule has 5 heteroatoms. The van der Waals surface area contributed by atoms with Crippen LogP contribution in [0.25, 0.3) is 0 Å². The molecule has 1 atom stereocenters. The van der Waals surface area contributed by atoms with Gasteiger partial charge < -0.3 is 0 Å². The van der Waals surface area contributed by atoms with Gasteiger partial charge >= 0.3 is 0 Å². The Morgan fingerprint density at radius 3 is 1.93 bits per heavy atom. The third-order valence-electron chi connectivity index (χ3n) is 4.55. The molecule has 4 rings (SSSR count). The zero-order valence-corrected chi connectivity index (χ0v) is 17.4. The zero-order valence-electron chi connectivity index (χ0n) is 15.7. The maximum Gasteiger partial charge on any atom is 0.0927 e. The van der Waals surface area contributed by atoms with E-state index < -0.39 is 7.92 Å². The van der Waals surface area contributed by atoms with Gasteiger partial charge in [-0.2, -0.15) is 0 Å². The summed E-state index contributed by atoms with van der Waals surface area (Å²) in [5.74, 6) is 0.762. The fourth-order valence-electron chi connectivity index (χ4n) is 3.13. The predicted molar refractivity (Wildman–Crippen MR) is 120 cm³/mol. The van der Waals surface area contributed by atoms with Crippen LogP contribution in [-0.4, -0.2) is 15.0 Å². The smallest absolute Gasteiger partial charge is 0.0927 e. The highest BCUT2D eigenvalue weighted by Gasteiger charge is 2.24. The minimum atomic E-state index is -0.551. The highest BCUT2D eigenvalue weighted by Crippen LogP contribution is 2.48. The number of benzene rings is 3. The normalized spacial score (nSPS) is 12.2. The molecule has 4 aromatic rings. The summed E-state index contributed by atoms with van der Waals surface area (Å²) < 4.78 is 1.94. The second kappa shape index (κ2) is 9.18. The molecule has 0 aliphatic rings. The summed E-state index contributed by atoms with van der Waals surface area (Å²) in [6, 6.07) is 31.9. The monoisotopic (exact) mass is 403 g/mol. The minimum Gasteiger partial charge on any atom is -0.242 e. The van der Waals surface area contributed by atoms with Crippen molar-refractivity contribution in [2.24, 2.45) is 0 Å². The number of nitrogens with zero attached hydrogens (tertiary/aromatic N) is 3. The Labute approximate surface area is 171 Å². The van der Waals surface area contributed by atoms with Crippen LogP contribution in [-0.2, 0) is 5.88 Å². The molecule has 0 N–H and O–H groups in total. The van der Waals surface area contributed by atoms with Crippen LogP contribution in [0.1, 0.15) is 18.3 Å². The van der Waals surface area contributed by atoms with Crippen LogP contribution >= 0.6 is 19.7 Å². The number of aromatic nitrogens is 3. The van der Waals surface area contributed by atoms with E-state index in [-0.39, 0.29) is 5.66 Å². The largest absolute Gasteiger partial charge is 0.242 e. The topological polar surface area (TPSA) is 30.7 Å². The molecule has 3 nitrogen and oxygen atoms in total. The summed E-state index contributed by atoms with van der Waals surface area (Å²) in [7, 11) is -0.551. The third kappa shape index (κ3) is 4.52. The SMILES string of the molecule is CC(c1cn(CSc2ccccc2)nn1)P(c1ccccc1)c1ccccc1. The molecular formula is C23H22N3PS. The molecule has 0 spiro atoms. The molecule has 0 aliphatic carbocycles. The Balaban J connectivity index is 1.56. The summed E-state index contributed by atoms with van der Waals surface area (Å²) in [5, 5.41) is 11.6. The van der Waals surface area contributed by atoms with E-state index in [1.54, 1.807) is 11.8 Å². The van der Waals surface area contributed by atoms with Crippen LogP contribution < -0.4 is 10.6 Å². The Kier molecular flexibility index (Phi) is 6.20. The van der Waals surface area contributed by atoms with Gasteiger partial charge in [-0.15, -0.1) is 16.9 Å². The van der Waals surface area contributed by atoms with Gasteiger partial charge in [0.25, 0.3) is 0 Å². The van der Waals surface area contributed by atoms with Gasteiger partial charge in [-0.05, 0) is 30.7 Å². The summed E-state index contributed by atoms with van der Waals surface area (Å²) in [5.41, 5.74) is 1.34. The molecule has 0 radical (unpaired) electrons. The molecule has 1 aromatic heterocycles. The lowest BCUT2D eigenvalue weighted by molar-refractivity contribution is 0.700. The van der Waals surface area contributed by atoms with Gasteiger partial charge in [0.15, 0.2) is 0 Å². The van der Waals surface area contributed by atoms with E-state index in [9.17, 15) is 0 Å². The summed E-state index contributed by atoms with van der Waals surface area (Å²) in [6.07, 6.45) is 2.10. The van der Waals surface area contributed by atoms with Crippen molar-refractivity contribution in [1.29, 1.82) is 0 Å². The molecular weight excluding hydrogens is 381 g/mol. The van der Waals surface area contributed by atoms with Crippen molar-refractivity contribution >= 4 is 30.3 Å². The van der Waals surface area contributed by atoms with E-state index in [0.29, 0.717) is 0 Å². The van der Waals surface area contributed by atoms with E-state index >= 15 is 0 Å². The molecule has 0 aliphatic heterocycles. The van der Waals surface area contributed by atoms with Crippen LogP contribution in [0.3, 0.4) is 0 Å². The lowest BCUT2D eigenvalue weighted by Gasteiger charge is -2.24. The summed E-state index contributed by atoms with van der Waals surface area (Å²) >= 11 is 1.77. The van der Waals surface area contributed by atoms with Crippen molar-refractivity contribution < 1.29 is 0 Å². The van der Waals surface area contributed by atoms with Crippen molar-refractivity contribution in [1.82, 2.24) is 15.0 Å². The van der Waals surface area contributed by atoms with Gasteiger partial charge in [0, 0.05) is 10.6 Å². The standard InChI is InChI=1S/C23H22N3PS/c1-19(23-17-26(25-24-23)18-28-22-15-9-4-10-16-22)27(20-11-5-2-6-12-20)21-13-7-3-8-14-21/h2-17,19H,18H2,1H3. The third-order valence-corrected chi connectivity index (χ3v) is 8.29. The highest BCUT2D eigenvalue weighted by molar-refractivity contribution is 7.98. The number of thioether (sulfide) groups is 1. The van der Waals surface area contributed by atoms with Crippen LogP contribution in [0.2, 0.25) is 0 Å². The van der Waals surface area contributed by atoms with Crippen molar-refractivity contribution in [3.05, 3.63) is 103 Å². The maximum atomic E-state index is 4.52. The minimum absolute atomic E-state index is 0.287. The molecule has 3 aromatic carbocycles. The summed E-state index contributed by atoms with van der Waals surface area (Å²) in [6.45, 7) is 2.27. The first-order valence-corrected chi connectivity index (χ1v) is 11.7. The van der Waals surface area contributed by atoms with Gasteiger partial charge in [0.1, 0.15) is 0 Å². The van der Waals surface area contributed by atoms with Gasteiger partial charge in [0.2, 0.25) is 0 Å². The van der Waals surface area contributed by atoms with Crippen molar-refractivity contribution in [3.8, 4) is 0 Å². The zero-order chi connectivity index (χ0) is 19.2. The van der Waals surface area contributed by atoms with Crippen molar-refractivity contribution in [2.75, 3.05) is 0 Å². The second-order valence-corrected chi connectivity index (χ2v) is 10.1. The molecule has 1 unspecified atom stereocenters. The van der Waals surface area contributed by atoms with E-state index in [4.69, 9.17) is 0 Å². The highest BCUT2D eigenvalue weighted by atomic mass is 32.2. The molecule has 1 heterocycles. The maximum absolute atomic E-state index is 4.52. The average Bonchev–Trinajstić information content (AvgIpc) is 3.24. The number of hydrogen-bond donors (Lipinski definition) is 0. The number of rotatable bonds is 7. The van der Waals surface area contributed by atoms with E-state index in [1.807, 2.05) is 10.7 Å². The molecule has 28 heavy (non-hydrogen) atoms. The van der Waals surface area contributed by atoms with Gasteiger partial charge in [-0.25, -0.2) is 4.68 Å². The molecule has 0 bridgehead atoms. The molecule has 140 valence electrons. The van der Waals surface area contributed by atoms with Crippen LogP contribution in [0, 0.1) is 0 Å². The van der Waals surface area contributed by atoms with Crippen LogP contribution in [0.5, 0.6) is 0 Å². The van der Waals surface area contributed by atoms with E-state index in [1.165, 1.54) is 15.5 Å². The van der Waals surface area contributed by atoms with Crippen molar-refractivity contribution in [2.45, 2.75) is 23.4 Å². The van der Waals surface area contributed by atoms with Gasteiger partial charge in [-0.1, -0.05) is 91.0 Å². The average molecular weight is 403 g/mol. The molecule has 0 saturated heterocycles. The fourth-order valence-corrected chi connectivity index (χ4v) is 6.45. The van der Waals surface area contributed by atoms with Crippen molar-refractivity contribution in [3.63, 3.8) is 0 Å². The first kappa shape index (κ1) is 18.9. The second-order valence-electron chi connectivity index (χ2n) is 6.49. The lowest BCUT2D eigenvalue weighted by Crippen LogP contribution is -2.15. The molecule has 0 saturated carbocycles. The van der Waals surface area contributed by atoms with Gasteiger partial charge in [-0.3, -0.25) is 0 Å². The predicted octanol–water partition coefficient (Wildman–Crippen LogP) is 5.22. The first-order chi connectivity index (χ1) is 13.8. The Morgan fingerprint density at radius 1 is 0.821 bits per heavy atom. The van der Waals surface area contributed by atoms with E-state index in [0.717, 1.165) is 11.6 Å². The molecule has 0 fully saturated rings. The first-order valence-electron chi connectivity index (χ1n) is 9.28. The van der Waals surface area contributed by atoms with Gasteiger partial charge in [0.05, 0.1) is 17.8 Å².